The first kappa shape index (κ1) is 25.7. The van der Waals surface area contributed by atoms with E-state index >= 15 is 0 Å². The van der Waals surface area contributed by atoms with Crippen molar-refractivity contribution in [2.45, 2.75) is 78.2 Å². The molecule has 1 aromatic rings. The fraction of sp³-hybridized carbons (Fsp3) is 0.652. The van der Waals surface area contributed by atoms with Crippen LogP contribution in [-0.2, 0) is 11.3 Å². The average Bonchev–Trinajstić information content (AvgIpc) is 3.39. The summed E-state index contributed by atoms with van der Waals surface area (Å²) in [6, 6.07) is 6.37. The maximum Gasteiger partial charge on any atom is 0.415 e. The molecule has 1 amide bonds. The number of guanidine groups is 1. The minimum atomic E-state index is -0.515. The number of aliphatic hydroxyl groups is 1. The number of hydrogen-bond donors (Lipinski definition) is 2. The fourth-order valence-corrected chi connectivity index (χ4v) is 3.70. The molecule has 7 nitrogen and oxygen atoms in total. The number of anilines is 1. The standard InChI is InChI=1S/C23H36N4O3.HI/c1-6-24-21(26-12-11-19(28)15-26)25-14-17-7-10-20(16(2)13-17)27(18-8-9-18)22(29)30-23(3,4)5;/h7,10,13,18-19,28H,6,8-9,11-12,14-15H2,1-5H3,(H,24,25);1H/t19-;/m1./s1. The van der Waals surface area contributed by atoms with Crippen molar-refractivity contribution in [2.75, 3.05) is 24.5 Å². The number of nitrogens with zero attached hydrogens (tertiary/aromatic N) is 3. The number of ether oxygens (including phenoxy) is 1. The number of rotatable bonds is 5. The van der Waals surface area contributed by atoms with E-state index < -0.39 is 5.60 Å². The predicted octanol–water partition coefficient (Wildman–Crippen LogP) is 4.05. The highest BCUT2D eigenvalue weighted by Gasteiger charge is 2.37. The number of nitrogens with one attached hydrogen (secondary N) is 1. The summed E-state index contributed by atoms with van der Waals surface area (Å²) in [5.74, 6) is 0.837. The summed E-state index contributed by atoms with van der Waals surface area (Å²) in [6.45, 7) is 12.5. The Morgan fingerprint density at radius 2 is 2.03 bits per heavy atom. The summed E-state index contributed by atoms with van der Waals surface area (Å²) in [7, 11) is 0. The average molecular weight is 544 g/mol. The van der Waals surface area contributed by atoms with Crippen LogP contribution < -0.4 is 10.2 Å². The minimum Gasteiger partial charge on any atom is -0.443 e. The molecule has 1 aliphatic heterocycles. The number of aliphatic imine (C=N–C) groups is 1. The van der Waals surface area contributed by atoms with E-state index in [4.69, 9.17) is 9.73 Å². The van der Waals surface area contributed by atoms with Crippen molar-refractivity contribution in [3.63, 3.8) is 0 Å². The Bertz CT molecular complexity index is 790. The van der Waals surface area contributed by atoms with Gasteiger partial charge >= 0.3 is 6.09 Å². The lowest BCUT2D eigenvalue weighted by Gasteiger charge is -2.28. The Morgan fingerprint density at radius 3 is 2.55 bits per heavy atom. The number of carbonyl (C=O) groups excluding carboxylic acids is 1. The number of hydrogen-bond acceptors (Lipinski definition) is 4. The molecule has 31 heavy (non-hydrogen) atoms. The van der Waals surface area contributed by atoms with Crippen LogP contribution in [0.25, 0.3) is 0 Å². The summed E-state index contributed by atoms with van der Waals surface area (Å²) in [4.78, 5) is 21.5. The van der Waals surface area contributed by atoms with Gasteiger partial charge in [-0.1, -0.05) is 12.1 Å². The Kier molecular flexibility index (Phi) is 9.00. The van der Waals surface area contributed by atoms with Gasteiger partial charge in [-0.15, -0.1) is 24.0 Å². The van der Waals surface area contributed by atoms with Crippen molar-refractivity contribution in [3.05, 3.63) is 29.3 Å². The summed E-state index contributed by atoms with van der Waals surface area (Å²) in [5, 5.41) is 13.1. The van der Waals surface area contributed by atoms with E-state index in [0.717, 1.165) is 55.1 Å². The Balaban J connectivity index is 0.00000341. The Hall–Kier alpha value is -1.55. The van der Waals surface area contributed by atoms with E-state index in [1.165, 1.54) is 0 Å². The molecule has 3 rings (SSSR count). The first-order valence-electron chi connectivity index (χ1n) is 11.0. The third kappa shape index (κ3) is 7.24. The second kappa shape index (κ2) is 10.8. The second-order valence-corrected chi connectivity index (χ2v) is 9.26. The second-order valence-electron chi connectivity index (χ2n) is 9.26. The van der Waals surface area contributed by atoms with Gasteiger partial charge in [-0.25, -0.2) is 9.79 Å². The van der Waals surface area contributed by atoms with Crippen LogP contribution in [0, 0.1) is 6.92 Å². The van der Waals surface area contributed by atoms with Crippen LogP contribution >= 0.6 is 24.0 Å². The molecule has 1 saturated carbocycles. The zero-order valence-electron chi connectivity index (χ0n) is 19.4. The van der Waals surface area contributed by atoms with Gasteiger partial charge in [-0.2, -0.15) is 0 Å². The first-order chi connectivity index (χ1) is 14.2. The summed E-state index contributed by atoms with van der Waals surface area (Å²) in [5.41, 5.74) is 2.53. The lowest BCUT2D eigenvalue weighted by atomic mass is 10.1. The molecule has 1 atom stereocenters. The molecular formula is C23H37IN4O3. The molecule has 0 radical (unpaired) electrons. The summed E-state index contributed by atoms with van der Waals surface area (Å²) >= 11 is 0. The van der Waals surface area contributed by atoms with Gasteiger partial charge in [0, 0.05) is 25.7 Å². The maximum absolute atomic E-state index is 12.8. The summed E-state index contributed by atoms with van der Waals surface area (Å²) < 4.78 is 5.64. The number of aliphatic hydroxyl groups excluding tert-OH is 1. The highest BCUT2D eigenvalue weighted by Crippen LogP contribution is 2.35. The van der Waals surface area contributed by atoms with Crippen LogP contribution in [0.5, 0.6) is 0 Å². The molecule has 2 N–H and O–H groups in total. The number of β-amino-alcohol motifs (C(OH)–C–C–N with tert-alkyl or cyclic N) is 1. The topological polar surface area (TPSA) is 77.4 Å². The van der Waals surface area contributed by atoms with Gasteiger partial charge in [0.05, 0.1) is 18.3 Å². The van der Waals surface area contributed by atoms with Gasteiger partial charge in [0.2, 0.25) is 0 Å². The number of likely N-dealkylation sites (tertiary alicyclic amines) is 1. The Morgan fingerprint density at radius 1 is 1.32 bits per heavy atom. The maximum atomic E-state index is 12.8. The van der Waals surface area contributed by atoms with Crippen LogP contribution in [0.15, 0.2) is 23.2 Å². The van der Waals surface area contributed by atoms with E-state index in [0.29, 0.717) is 13.1 Å². The van der Waals surface area contributed by atoms with Crippen molar-refractivity contribution >= 4 is 41.7 Å². The monoisotopic (exact) mass is 544 g/mol. The Labute approximate surface area is 203 Å². The molecule has 2 fully saturated rings. The van der Waals surface area contributed by atoms with E-state index in [1.54, 1.807) is 0 Å². The molecule has 0 spiro atoms. The molecule has 0 unspecified atom stereocenters. The lowest BCUT2D eigenvalue weighted by molar-refractivity contribution is 0.0577. The van der Waals surface area contributed by atoms with E-state index in [2.05, 4.69) is 16.3 Å². The van der Waals surface area contributed by atoms with Crippen molar-refractivity contribution in [1.82, 2.24) is 10.2 Å². The van der Waals surface area contributed by atoms with Gasteiger partial charge in [-0.3, -0.25) is 4.90 Å². The van der Waals surface area contributed by atoms with Crippen LogP contribution in [-0.4, -0.2) is 59.4 Å². The highest BCUT2D eigenvalue weighted by atomic mass is 127. The van der Waals surface area contributed by atoms with Gasteiger partial charge in [-0.05, 0) is 71.1 Å². The molecule has 174 valence electrons. The molecule has 8 heteroatoms. The van der Waals surface area contributed by atoms with Crippen molar-refractivity contribution in [2.24, 2.45) is 4.99 Å². The minimum absolute atomic E-state index is 0. The molecule has 0 bridgehead atoms. The third-order valence-corrected chi connectivity index (χ3v) is 5.23. The number of halogens is 1. The zero-order chi connectivity index (χ0) is 21.9. The number of amides is 1. The lowest BCUT2D eigenvalue weighted by Crippen LogP contribution is -2.40. The molecule has 1 aromatic carbocycles. The zero-order valence-corrected chi connectivity index (χ0v) is 21.7. The van der Waals surface area contributed by atoms with Gasteiger partial charge in [0.25, 0.3) is 0 Å². The molecule has 1 heterocycles. The quantitative estimate of drug-likeness (QED) is 0.333. The number of carbonyl (C=O) groups is 1. The third-order valence-electron chi connectivity index (χ3n) is 5.23. The SMILES string of the molecule is CCNC(=NCc1ccc(N(C(=O)OC(C)(C)C)C2CC2)c(C)c1)N1CC[C@@H](O)C1.I. The van der Waals surface area contributed by atoms with E-state index in [-0.39, 0.29) is 42.2 Å². The molecule has 2 aliphatic rings. The van der Waals surface area contributed by atoms with Gasteiger partial charge < -0.3 is 20.1 Å². The smallest absolute Gasteiger partial charge is 0.415 e. The molecule has 1 saturated heterocycles. The van der Waals surface area contributed by atoms with Crippen molar-refractivity contribution < 1.29 is 14.6 Å². The number of aryl methyl sites for hydroxylation is 1. The van der Waals surface area contributed by atoms with Crippen LogP contribution in [0.3, 0.4) is 0 Å². The van der Waals surface area contributed by atoms with Crippen molar-refractivity contribution in [3.8, 4) is 0 Å². The molecule has 1 aliphatic carbocycles. The van der Waals surface area contributed by atoms with Gasteiger partial charge in [0.15, 0.2) is 5.96 Å². The normalized spacial score (nSPS) is 19.1. The highest BCUT2D eigenvalue weighted by molar-refractivity contribution is 14.0. The molecule has 0 aromatic heterocycles. The van der Waals surface area contributed by atoms with Crippen LogP contribution in [0.2, 0.25) is 0 Å². The van der Waals surface area contributed by atoms with E-state index in [9.17, 15) is 9.90 Å². The van der Waals surface area contributed by atoms with Crippen molar-refractivity contribution in [1.29, 1.82) is 0 Å². The van der Waals surface area contributed by atoms with Crippen LogP contribution in [0.1, 0.15) is 58.1 Å². The fourth-order valence-electron chi connectivity index (χ4n) is 3.70. The number of benzene rings is 1. The van der Waals surface area contributed by atoms with Crippen LogP contribution in [0.4, 0.5) is 10.5 Å². The summed E-state index contributed by atoms with van der Waals surface area (Å²) in [6.07, 6.45) is 2.24. The molecular weight excluding hydrogens is 507 g/mol. The van der Waals surface area contributed by atoms with E-state index in [1.807, 2.05) is 51.7 Å². The largest absolute Gasteiger partial charge is 0.443 e. The van der Waals surface area contributed by atoms with Gasteiger partial charge in [0.1, 0.15) is 5.60 Å². The predicted molar refractivity (Wildman–Crippen MR) is 135 cm³/mol. The first-order valence-corrected chi connectivity index (χ1v) is 11.0.